The standard InChI is InChI=1S/C13H14O5/c1-16-11-7-6-10(12(8-11)18-9-14)4-3-5-13(15)17-2/h3,5-9H,4H2,1-2H3. The molecule has 5 heteroatoms. The van der Waals surface area contributed by atoms with Crippen molar-refractivity contribution in [3.05, 3.63) is 35.9 Å². The second kappa shape index (κ2) is 7.11. The first-order valence-corrected chi connectivity index (χ1v) is 5.23. The summed E-state index contributed by atoms with van der Waals surface area (Å²) >= 11 is 0. The Morgan fingerprint density at radius 3 is 2.72 bits per heavy atom. The van der Waals surface area contributed by atoms with Crippen molar-refractivity contribution >= 4 is 12.4 Å². The molecule has 18 heavy (non-hydrogen) atoms. The van der Waals surface area contributed by atoms with Crippen LogP contribution in [0.25, 0.3) is 0 Å². The van der Waals surface area contributed by atoms with Gasteiger partial charge in [-0.25, -0.2) is 4.79 Å². The molecule has 0 bridgehead atoms. The first-order valence-electron chi connectivity index (χ1n) is 5.23. The van der Waals surface area contributed by atoms with Crippen LogP contribution in [0.15, 0.2) is 30.4 Å². The van der Waals surface area contributed by atoms with Crippen molar-refractivity contribution in [1.29, 1.82) is 0 Å². The lowest BCUT2D eigenvalue weighted by molar-refractivity contribution is -0.134. The lowest BCUT2D eigenvalue weighted by Crippen LogP contribution is -1.97. The maximum atomic E-state index is 10.9. The van der Waals surface area contributed by atoms with Gasteiger partial charge in [0.1, 0.15) is 11.5 Å². The molecule has 0 heterocycles. The summed E-state index contributed by atoms with van der Waals surface area (Å²) in [5, 5.41) is 0. The Hall–Kier alpha value is -2.30. The van der Waals surface area contributed by atoms with Gasteiger partial charge in [-0.2, -0.15) is 0 Å². The lowest BCUT2D eigenvalue weighted by atomic mass is 10.1. The van der Waals surface area contributed by atoms with Crippen molar-refractivity contribution in [3.8, 4) is 11.5 Å². The number of benzene rings is 1. The van der Waals surface area contributed by atoms with Gasteiger partial charge in [0.2, 0.25) is 0 Å². The summed E-state index contributed by atoms with van der Waals surface area (Å²) in [6.45, 7) is 0.349. The number of esters is 1. The van der Waals surface area contributed by atoms with Crippen LogP contribution in [-0.4, -0.2) is 26.7 Å². The molecule has 96 valence electrons. The summed E-state index contributed by atoms with van der Waals surface area (Å²) < 4.78 is 14.4. The van der Waals surface area contributed by atoms with Gasteiger partial charge in [0, 0.05) is 12.1 Å². The number of ether oxygens (including phenoxy) is 3. The second-order valence-corrected chi connectivity index (χ2v) is 3.32. The van der Waals surface area contributed by atoms with Crippen LogP contribution >= 0.6 is 0 Å². The van der Waals surface area contributed by atoms with Crippen molar-refractivity contribution in [2.75, 3.05) is 14.2 Å². The highest BCUT2D eigenvalue weighted by molar-refractivity contribution is 5.81. The summed E-state index contributed by atoms with van der Waals surface area (Å²) in [5.41, 5.74) is 0.767. The molecule has 0 fully saturated rings. The summed E-state index contributed by atoms with van der Waals surface area (Å²) in [7, 11) is 2.83. The molecule has 0 saturated carbocycles. The zero-order valence-corrected chi connectivity index (χ0v) is 10.2. The third-order valence-electron chi connectivity index (χ3n) is 2.24. The van der Waals surface area contributed by atoms with Crippen LogP contribution in [0, 0.1) is 0 Å². The van der Waals surface area contributed by atoms with E-state index in [0.717, 1.165) is 5.56 Å². The largest absolute Gasteiger partial charge is 0.497 e. The fourth-order valence-electron chi connectivity index (χ4n) is 1.34. The van der Waals surface area contributed by atoms with Gasteiger partial charge in [0.05, 0.1) is 14.2 Å². The number of allylic oxidation sites excluding steroid dienone is 1. The Kier molecular flexibility index (Phi) is 5.44. The second-order valence-electron chi connectivity index (χ2n) is 3.32. The summed E-state index contributed by atoms with van der Waals surface area (Å²) in [6, 6.07) is 5.12. The van der Waals surface area contributed by atoms with Gasteiger partial charge in [-0.05, 0) is 18.1 Å². The third-order valence-corrected chi connectivity index (χ3v) is 2.24. The minimum absolute atomic E-state index is 0.349. The topological polar surface area (TPSA) is 61.8 Å². The summed E-state index contributed by atoms with van der Waals surface area (Å²) in [4.78, 5) is 21.3. The highest BCUT2D eigenvalue weighted by Gasteiger charge is 2.04. The van der Waals surface area contributed by atoms with Gasteiger partial charge in [0.15, 0.2) is 0 Å². The molecule has 0 N–H and O–H groups in total. The molecule has 0 aliphatic rings. The molecular weight excluding hydrogens is 236 g/mol. The zero-order chi connectivity index (χ0) is 13.4. The molecule has 0 radical (unpaired) electrons. The van der Waals surface area contributed by atoms with E-state index in [1.165, 1.54) is 20.3 Å². The Balaban J connectivity index is 2.83. The van der Waals surface area contributed by atoms with Crippen LogP contribution in [0.5, 0.6) is 11.5 Å². The third kappa shape index (κ3) is 3.93. The molecule has 0 saturated heterocycles. The molecule has 0 spiro atoms. The van der Waals surface area contributed by atoms with E-state index in [1.54, 1.807) is 24.3 Å². The molecule has 0 aromatic heterocycles. The summed E-state index contributed by atoms with van der Waals surface area (Å²) in [5.74, 6) is 0.563. The minimum Gasteiger partial charge on any atom is -0.497 e. The highest BCUT2D eigenvalue weighted by Crippen LogP contribution is 2.25. The fraction of sp³-hybridized carbons (Fsp3) is 0.231. The van der Waals surface area contributed by atoms with Gasteiger partial charge < -0.3 is 14.2 Å². The predicted molar refractivity (Wildman–Crippen MR) is 64.5 cm³/mol. The number of carbonyl (C=O) groups excluding carboxylic acids is 2. The van der Waals surface area contributed by atoms with E-state index in [2.05, 4.69) is 4.74 Å². The van der Waals surface area contributed by atoms with E-state index < -0.39 is 5.97 Å². The first kappa shape index (κ1) is 13.8. The zero-order valence-electron chi connectivity index (χ0n) is 10.2. The maximum Gasteiger partial charge on any atom is 0.330 e. The molecule has 1 aromatic carbocycles. The van der Waals surface area contributed by atoms with Gasteiger partial charge in [-0.1, -0.05) is 12.1 Å². The Labute approximate surface area is 105 Å². The van der Waals surface area contributed by atoms with Crippen LogP contribution in [-0.2, 0) is 20.7 Å². The van der Waals surface area contributed by atoms with Crippen LogP contribution < -0.4 is 9.47 Å². The molecular formula is C13H14O5. The van der Waals surface area contributed by atoms with Crippen molar-refractivity contribution < 1.29 is 23.8 Å². The van der Waals surface area contributed by atoms with E-state index in [4.69, 9.17) is 9.47 Å². The minimum atomic E-state index is -0.429. The average molecular weight is 250 g/mol. The molecule has 1 rings (SSSR count). The first-order chi connectivity index (χ1) is 8.71. The maximum absolute atomic E-state index is 10.9. The van der Waals surface area contributed by atoms with E-state index in [1.807, 2.05) is 0 Å². The fourth-order valence-corrected chi connectivity index (χ4v) is 1.34. The lowest BCUT2D eigenvalue weighted by Gasteiger charge is -2.07. The number of hydrogen-bond acceptors (Lipinski definition) is 5. The summed E-state index contributed by atoms with van der Waals surface area (Å²) in [6.07, 6.45) is 3.39. The van der Waals surface area contributed by atoms with Crippen LogP contribution in [0.2, 0.25) is 0 Å². The van der Waals surface area contributed by atoms with E-state index >= 15 is 0 Å². The van der Waals surface area contributed by atoms with Crippen molar-refractivity contribution in [2.45, 2.75) is 6.42 Å². The van der Waals surface area contributed by atoms with Gasteiger partial charge in [0.25, 0.3) is 6.47 Å². The molecule has 5 nitrogen and oxygen atoms in total. The van der Waals surface area contributed by atoms with Gasteiger partial charge >= 0.3 is 5.97 Å². The Morgan fingerprint density at radius 1 is 1.33 bits per heavy atom. The number of rotatable bonds is 6. The monoisotopic (exact) mass is 250 g/mol. The molecule has 0 aliphatic heterocycles. The van der Waals surface area contributed by atoms with E-state index in [0.29, 0.717) is 24.4 Å². The Morgan fingerprint density at radius 2 is 2.11 bits per heavy atom. The van der Waals surface area contributed by atoms with Gasteiger partial charge in [-0.15, -0.1) is 0 Å². The predicted octanol–water partition coefficient (Wildman–Crippen LogP) is 1.50. The number of carbonyl (C=O) groups is 2. The van der Waals surface area contributed by atoms with E-state index in [-0.39, 0.29) is 0 Å². The molecule has 0 unspecified atom stereocenters. The van der Waals surface area contributed by atoms with E-state index in [9.17, 15) is 9.59 Å². The SMILES string of the molecule is COC(=O)C=CCc1ccc(OC)cc1OC=O. The van der Waals surface area contributed by atoms with Crippen LogP contribution in [0.1, 0.15) is 5.56 Å². The van der Waals surface area contributed by atoms with Crippen molar-refractivity contribution in [3.63, 3.8) is 0 Å². The molecule has 0 amide bonds. The van der Waals surface area contributed by atoms with Gasteiger partial charge in [-0.3, -0.25) is 4.79 Å². The van der Waals surface area contributed by atoms with Crippen molar-refractivity contribution in [2.24, 2.45) is 0 Å². The van der Waals surface area contributed by atoms with Crippen LogP contribution in [0.3, 0.4) is 0 Å². The number of methoxy groups -OCH3 is 2. The number of hydrogen-bond donors (Lipinski definition) is 0. The molecule has 0 atom stereocenters. The quantitative estimate of drug-likeness (QED) is 0.435. The molecule has 0 aliphatic carbocycles. The Bertz CT molecular complexity index is 451. The highest BCUT2D eigenvalue weighted by atomic mass is 16.5. The molecule has 1 aromatic rings. The average Bonchev–Trinajstić information content (AvgIpc) is 2.40. The smallest absolute Gasteiger partial charge is 0.330 e. The normalized spacial score (nSPS) is 10.1. The van der Waals surface area contributed by atoms with Crippen LogP contribution in [0.4, 0.5) is 0 Å². The van der Waals surface area contributed by atoms with Crippen molar-refractivity contribution in [1.82, 2.24) is 0 Å².